The fourth-order valence-electron chi connectivity index (χ4n) is 0.942. The molecule has 0 fully saturated rings. The van der Waals surface area contributed by atoms with E-state index in [2.05, 4.69) is 15.9 Å². The third kappa shape index (κ3) is 4.09. The Labute approximate surface area is 97.5 Å². The summed E-state index contributed by atoms with van der Waals surface area (Å²) in [4.78, 5) is 0. The molecule has 0 unspecified atom stereocenters. The molecule has 1 aromatic rings. The fraction of sp³-hybridized carbons (Fsp3) is 0.333. The molecule has 0 aliphatic heterocycles. The number of rotatable bonds is 4. The van der Waals surface area contributed by atoms with Gasteiger partial charge in [-0.1, -0.05) is 6.07 Å². The Hall–Kier alpha value is -0.750. The predicted molar refractivity (Wildman–Crippen MR) is 63.8 cm³/mol. The second kappa shape index (κ2) is 4.85. The maximum absolute atomic E-state index is 10.9. The normalized spacial score (nSPS) is 11.3. The molecule has 84 valence electrons. The first-order valence-corrected chi connectivity index (χ1v) is 7.10. The van der Waals surface area contributed by atoms with Crippen molar-refractivity contribution >= 4 is 31.5 Å². The highest BCUT2D eigenvalue weighted by Crippen LogP contribution is 2.30. The van der Waals surface area contributed by atoms with Gasteiger partial charge in [0.2, 0.25) is 0 Å². The molecule has 1 rings (SSSR count). The van der Waals surface area contributed by atoms with Crippen LogP contribution in [0.4, 0.5) is 5.69 Å². The first-order chi connectivity index (χ1) is 6.90. The average molecular weight is 294 g/mol. The molecule has 0 heterocycles. The standard InChI is InChI=1S/C9H12BrNO3S/c1-15(12,13)6-5-14-8-4-2-3-7(11)9(8)10/h2-4H,5-6,11H2,1H3. The maximum Gasteiger partial charge on any atom is 0.150 e. The smallest absolute Gasteiger partial charge is 0.150 e. The Morgan fingerprint density at radius 2 is 2.13 bits per heavy atom. The molecule has 0 atom stereocenters. The van der Waals surface area contributed by atoms with Crippen LogP contribution in [0.15, 0.2) is 22.7 Å². The van der Waals surface area contributed by atoms with Crippen LogP contribution in [0.2, 0.25) is 0 Å². The van der Waals surface area contributed by atoms with Crippen molar-refractivity contribution in [3.63, 3.8) is 0 Å². The van der Waals surface area contributed by atoms with Gasteiger partial charge in [0.05, 0.1) is 10.2 Å². The van der Waals surface area contributed by atoms with Gasteiger partial charge in [-0.15, -0.1) is 0 Å². The molecule has 0 radical (unpaired) electrons. The van der Waals surface area contributed by atoms with Crippen molar-refractivity contribution in [3.8, 4) is 5.75 Å². The van der Waals surface area contributed by atoms with E-state index in [0.717, 1.165) is 0 Å². The molecule has 4 nitrogen and oxygen atoms in total. The third-order valence-electron chi connectivity index (χ3n) is 1.70. The minimum Gasteiger partial charge on any atom is -0.491 e. The number of anilines is 1. The minimum atomic E-state index is -2.99. The number of hydrogen-bond donors (Lipinski definition) is 1. The summed E-state index contributed by atoms with van der Waals surface area (Å²) < 4.78 is 27.7. The van der Waals surface area contributed by atoms with Crippen LogP contribution < -0.4 is 10.5 Å². The molecule has 0 aliphatic rings. The topological polar surface area (TPSA) is 69.4 Å². The highest BCUT2D eigenvalue weighted by Gasteiger charge is 2.06. The van der Waals surface area contributed by atoms with Crippen molar-refractivity contribution in [1.29, 1.82) is 0 Å². The quantitative estimate of drug-likeness (QED) is 0.853. The molecule has 2 N–H and O–H groups in total. The molecular formula is C9H12BrNO3S. The zero-order valence-corrected chi connectivity index (χ0v) is 10.6. The van der Waals surface area contributed by atoms with Crippen LogP contribution in [0.5, 0.6) is 5.75 Å². The summed E-state index contributed by atoms with van der Waals surface area (Å²) in [5.41, 5.74) is 6.19. The van der Waals surface area contributed by atoms with E-state index in [9.17, 15) is 8.42 Å². The van der Waals surface area contributed by atoms with E-state index in [1.807, 2.05) is 0 Å². The number of hydrogen-bond acceptors (Lipinski definition) is 4. The van der Waals surface area contributed by atoms with Gasteiger partial charge in [0.15, 0.2) is 9.84 Å². The van der Waals surface area contributed by atoms with E-state index < -0.39 is 9.84 Å². The zero-order chi connectivity index (χ0) is 11.5. The summed E-state index contributed by atoms with van der Waals surface area (Å²) >= 11 is 3.26. The van der Waals surface area contributed by atoms with Gasteiger partial charge in [-0.3, -0.25) is 0 Å². The van der Waals surface area contributed by atoms with Crippen molar-refractivity contribution in [2.45, 2.75) is 0 Å². The van der Waals surface area contributed by atoms with Gasteiger partial charge in [-0.2, -0.15) is 0 Å². The Balaban J connectivity index is 2.62. The van der Waals surface area contributed by atoms with Crippen LogP contribution >= 0.6 is 15.9 Å². The van der Waals surface area contributed by atoms with Crippen LogP contribution in [0.1, 0.15) is 0 Å². The van der Waals surface area contributed by atoms with Crippen molar-refractivity contribution in [1.82, 2.24) is 0 Å². The number of benzene rings is 1. The first-order valence-electron chi connectivity index (χ1n) is 4.24. The number of nitrogens with two attached hydrogens (primary N) is 1. The third-order valence-corrected chi connectivity index (χ3v) is 3.46. The summed E-state index contributed by atoms with van der Waals surface area (Å²) in [6.07, 6.45) is 1.17. The van der Waals surface area contributed by atoms with Gasteiger partial charge < -0.3 is 10.5 Å². The SMILES string of the molecule is CS(=O)(=O)CCOc1cccc(N)c1Br. The van der Waals surface area contributed by atoms with Gasteiger partial charge >= 0.3 is 0 Å². The van der Waals surface area contributed by atoms with E-state index in [1.54, 1.807) is 18.2 Å². The van der Waals surface area contributed by atoms with Crippen LogP contribution in [-0.4, -0.2) is 27.0 Å². The Kier molecular flexibility index (Phi) is 3.98. The first kappa shape index (κ1) is 12.3. The van der Waals surface area contributed by atoms with Gasteiger partial charge in [0.25, 0.3) is 0 Å². The van der Waals surface area contributed by atoms with Crippen molar-refractivity contribution in [3.05, 3.63) is 22.7 Å². The summed E-state index contributed by atoms with van der Waals surface area (Å²) in [5, 5.41) is 0. The lowest BCUT2D eigenvalue weighted by Gasteiger charge is -2.08. The van der Waals surface area contributed by atoms with Crippen LogP contribution in [-0.2, 0) is 9.84 Å². The molecule has 6 heteroatoms. The molecule has 0 amide bonds. The van der Waals surface area contributed by atoms with E-state index in [-0.39, 0.29) is 12.4 Å². The summed E-state index contributed by atoms with van der Waals surface area (Å²) in [6, 6.07) is 5.20. The highest BCUT2D eigenvalue weighted by atomic mass is 79.9. The van der Waals surface area contributed by atoms with E-state index in [0.29, 0.717) is 15.9 Å². The molecule has 0 spiro atoms. The molecule has 0 aromatic heterocycles. The zero-order valence-electron chi connectivity index (χ0n) is 8.23. The van der Waals surface area contributed by atoms with Gasteiger partial charge in [0, 0.05) is 11.9 Å². The number of halogens is 1. The fourth-order valence-corrected chi connectivity index (χ4v) is 1.71. The summed E-state index contributed by atoms with van der Waals surface area (Å²) in [5.74, 6) is 0.549. The van der Waals surface area contributed by atoms with E-state index in [1.165, 1.54) is 6.26 Å². The summed E-state index contributed by atoms with van der Waals surface area (Å²) in [6.45, 7) is 0.126. The monoisotopic (exact) mass is 293 g/mol. The van der Waals surface area contributed by atoms with Gasteiger partial charge in [0.1, 0.15) is 12.4 Å². The van der Waals surface area contributed by atoms with Crippen molar-refractivity contribution in [2.75, 3.05) is 24.3 Å². The molecule has 0 saturated heterocycles. The molecule has 15 heavy (non-hydrogen) atoms. The Morgan fingerprint density at radius 3 is 2.73 bits per heavy atom. The summed E-state index contributed by atoms with van der Waals surface area (Å²) in [7, 11) is -2.99. The van der Waals surface area contributed by atoms with Crippen LogP contribution in [0, 0.1) is 0 Å². The Morgan fingerprint density at radius 1 is 1.47 bits per heavy atom. The molecule has 0 aliphatic carbocycles. The maximum atomic E-state index is 10.9. The van der Waals surface area contributed by atoms with Gasteiger partial charge in [-0.05, 0) is 28.1 Å². The van der Waals surface area contributed by atoms with E-state index >= 15 is 0 Å². The molecule has 1 aromatic carbocycles. The molecule has 0 saturated carbocycles. The second-order valence-corrected chi connectivity index (χ2v) is 6.19. The Bertz CT molecular complexity index is 445. The highest BCUT2D eigenvalue weighted by molar-refractivity contribution is 9.10. The van der Waals surface area contributed by atoms with Crippen molar-refractivity contribution < 1.29 is 13.2 Å². The largest absolute Gasteiger partial charge is 0.491 e. The van der Waals surface area contributed by atoms with Gasteiger partial charge in [-0.25, -0.2) is 8.42 Å². The number of sulfone groups is 1. The lowest BCUT2D eigenvalue weighted by Crippen LogP contribution is -2.12. The predicted octanol–water partition coefficient (Wildman–Crippen LogP) is 1.45. The second-order valence-electron chi connectivity index (χ2n) is 3.14. The average Bonchev–Trinajstić information content (AvgIpc) is 2.10. The van der Waals surface area contributed by atoms with Crippen molar-refractivity contribution in [2.24, 2.45) is 0 Å². The van der Waals surface area contributed by atoms with E-state index in [4.69, 9.17) is 10.5 Å². The number of nitrogen functional groups attached to an aromatic ring is 1. The molecule has 0 bridgehead atoms. The van der Waals surface area contributed by atoms with Crippen LogP contribution in [0.25, 0.3) is 0 Å². The lowest BCUT2D eigenvalue weighted by atomic mass is 10.3. The lowest BCUT2D eigenvalue weighted by molar-refractivity contribution is 0.339. The number of ether oxygens (including phenoxy) is 1. The van der Waals surface area contributed by atoms with Crippen LogP contribution in [0.3, 0.4) is 0 Å². The molecular weight excluding hydrogens is 282 g/mol. The minimum absolute atomic E-state index is 0.00572.